The second-order valence-electron chi connectivity index (χ2n) is 6.15. The molecule has 2 aromatic rings. The third-order valence-electron chi connectivity index (χ3n) is 4.66. The van der Waals surface area contributed by atoms with Crippen molar-refractivity contribution in [3.05, 3.63) is 64.2 Å². The topological polar surface area (TPSA) is 35.2 Å². The van der Waals surface area contributed by atoms with Crippen molar-refractivity contribution in [2.24, 2.45) is 11.7 Å². The van der Waals surface area contributed by atoms with Crippen LogP contribution in [-0.2, 0) is 12.8 Å². The lowest BCUT2D eigenvalue weighted by atomic mass is 9.89. The summed E-state index contributed by atoms with van der Waals surface area (Å²) in [6.07, 6.45) is 2.17. The van der Waals surface area contributed by atoms with Gasteiger partial charge in [0.05, 0.1) is 7.11 Å². The third kappa shape index (κ3) is 2.56. The fourth-order valence-corrected chi connectivity index (χ4v) is 3.62. The van der Waals surface area contributed by atoms with Gasteiger partial charge in [0.2, 0.25) is 0 Å². The first-order valence-corrected chi connectivity index (χ1v) is 7.57. The van der Waals surface area contributed by atoms with E-state index in [0.717, 1.165) is 18.6 Å². The van der Waals surface area contributed by atoms with E-state index < -0.39 is 0 Å². The van der Waals surface area contributed by atoms with Gasteiger partial charge in [-0.25, -0.2) is 0 Å². The Balaban J connectivity index is 1.86. The van der Waals surface area contributed by atoms with Crippen LogP contribution >= 0.6 is 0 Å². The second kappa shape index (κ2) is 5.53. The number of methoxy groups -OCH3 is 1. The van der Waals surface area contributed by atoms with Gasteiger partial charge in [0.1, 0.15) is 5.75 Å². The zero-order valence-corrected chi connectivity index (χ0v) is 13.0. The van der Waals surface area contributed by atoms with Crippen molar-refractivity contribution in [2.75, 3.05) is 7.11 Å². The number of hydrogen-bond donors (Lipinski definition) is 1. The van der Waals surface area contributed by atoms with Crippen LogP contribution in [0.3, 0.4) is 0 Å². The summed E-state index contributed by atoms with van der Waals surface area (Å²) in [5, 5.41) is 0. The van der Waals surface area contributed by atoms with E-state index in [1.807, 2.05) is 0 Å². The van der Waals surface area contributed by atoms with Crippen molar-refractivity contribution in [1.29, 1.82) is 0 Å². The standard InChI is InChI=1S/C19H23NO/c1-12-8-16(9-13(2)19(12)21-3)18(20)17-10-14-6-4-5-7-15(14)11-17/h4-9,17-18H,10-11,20H2,1-3H3. The zero-order chi connectivity index (χ0) is 15.0. The van der Waals surface area contributed by atoms with Crippen LogP contribution in [0.2, 0.25) is 0 Å². The summed E-state index contributed by atoms with van der Waals surface area (Å²) in [5.41, 5.74) is 13.0. The van der Waals surface area contributed by atoms with Crippen molar-refractivity contribution in [3.63, 3.8) is 0 Å². The number of ether oxygens (including phenoxy) is 1. The van der Waals surface area contributed by atoms with Gasteiger partial charge in [-0.1, -0.05) is 36.4 Å². The molecule has 2 aromatic carbocycles. The van der Waals surface area contributed by atoms with Crippen molar-refractivity contribution < 1.29 is 4.74 Å². The molecule has 0 amide bonds. The maximum atomic E-state index is 6.57. The Morgan fingerprint density at radius 2 is 1.57 bits per heavy atom. The summed E-state index contributed by atoms with van der Waals surface area (Å²) >= 11 is 0. The van der Waals surface area contributed by atoms with E-state index in [1.54, 1.807) is 7.11 Å². The van der Waals surface area contributed by atoms with Crippen LogP contribution in [0.5, 0.6) is 5.75 Å². The predicted octanol–water partition coefficient (Wildman–Crippen LogP) is 3.73. The molecule has 2 heteroatoms. The van der Waals surface area contributed by atoms with Gasteiger partial charge in [-0.15, -0.1) is 0 Å². The fourth-order valence-electron chi connectivity index (χ4n) is 3.62. The lowest BCUT2D eigenvalue weighted by Crippen LogP contribution is -2.22. The molecule has 0 spiro atoms. The summed E-state index contributed by atoms with van der Waals surface area (Å²) in [5.74, 6) is 1.47. The molecule has 0 aliphatic heterocycles. The van der Waals surface area contributed by atoms with E-state index >= 15 is 0 Å². The van der Waals surface area contributed by atoms with Crippen LogP contribution in [0.25, 0.3) is 0 Å². The maximum absolute atomic E-state index is 6.57. The van der Waals surface area contributed by atoms with Gasteiger partial charge < -0.3 is 10.5 Å². The molecule has 1 atom stereocenters. The highest BCUT2D eigenvalue weighted by atomic mass is 16.5. The molecular weight excluding hydrogens is 258 g/mol. The normalized spacial score (nSPS) is 15.8. The van der Waals surface area contributed by atoms with Crippen molar-refractivity contribution in [3.8, 4) is 5.75 Å². The van der Waals surface area contributed by atoms with Crippen LogP contribution in [0.4, 0.5) is 0 Å². The number of hydrogen-bond acceptors (Lipinski definition) is 2. The van der Waals surface area contributed by atoms with E-state index in [-0.39, 0.29) is 6.04 Å². The Morgan fingerprint density at radius 3 is 2.05 bits per heavy atom. The Bertz CT molecular complexity index is 614. The van der Waals surface area contributed by atoms with Crippen LogP contribution in [0, 0.1) is 19.8 Å². The molecule has 0 saturated carbocycles. The van der Waals surface area contributed by atoms with Gasteiger partial charge in [-0.3, -0.25) is 0 Å². The third-order valence-corrected chi connectivity index (χ3v) is 4.66. The SMILES string of the molecule is COc1c(C)cc(C(N)C2Cc3ccccc3C2)cc1C. The Morgan fingerprint density at radius 1 is 1.05 bits per heavy atom. The molecule has 21 heavy (non-hydrogen) atoms. The summed E-state index contributed by atoms with van der Waals surface area (Å²) in [6.45, 7) is 4.18. The molecule has 0 saturated heterocycles. The van der Waals surface area contributed by atoms with Crippen molar-refractivity contribution in [2.45, 2.75) is 32.7 Å². The number of rotatable bonds is 3. The van der Waals surface area contributed by atoms with Gasteiger partial charge in [0.15, 0.2) is 0 Å². The van der Waals surface area contributed by atoms with Crippen LogP contribution in [0.15, 0.2) is 36.4 Å². The minimum Gasteiger partial charge on any atom is -0.496 e. The number of fused-ring (bicyclic) bond motifs is 1. The second-order valence-corrected chi connectivity index (χ2v) is 6.15. The van der Waals surface area contributed by atoms with E-state index in [4.69, 9.17) is 10.5 Å². The highest BCUT2D eigenvalue weighted by molar-refractivity contribution is 5.45. The Kier molecular flexibility index (Phi) is 3.73. The summed E-state index contributed by atoms with van der Waals surface area (Å²) < 4.78 is 5.45. The number of aryl methyl sites for hydroxylation is 2. The smallest absolute Gasteiger partial charge is 0.124 e. The predicted molar refractivity (Wildman–Crippen MR) is 86.7 cm³/mol. The average molecular weight is 281 g/mol. The minimum absolute atomic E-state index is 0.0840. The first-order valence-electron chi connectivity index (χ1n) is 7.57. The number of nitrogens with two attached hydrogens (primary N) is 1. The number of benzene rings is 2. The highest BCUT2D eigenvalue weighted by Crippen LogP contribution is 2.36. The van der Waals surface area contributed by atoms with Gasteiger partial charge in [-0.05, 0) is 60.4 Å². The van der Waals surface area contributed by atoms with Crippen LogP contribution < -0.4 is 10.5 Å². The molecule has 0 aromatic heterocycles. The molecule has 1 aliphatic rings. The molecule has 110 valence electrons. The van der Waals surface area contributed by atoms with Gasteiger partial charge >= 0.3 is 0 Å². The molecule has 0 radical (unpaired) electrons. The summed E-state index contributed by atoms with van der Waals surface area (Å²) in [6, 6.07) is 13.1. The lowest BCUT2D eigenvalue weighted by Gasteiger charge is -2.21. The molecule has 1 unspecified atom stereocenters. The first kappa shape index (κ1) is 14.2. The molecule has 1 aliphatic carbocycles. The molecule has 2 nitrogen and oxygen atoms in total. The van der Waals surface area contributed by atoms with Crippen LogP contribution in [0.1, 0.15) is 33.9 Å². The molecule has 0 heterocycles. The van der Waals surface area contributed by atoms with E-state index in [1.165, 1.54) is 27.8 Å². The minimum atomic E-state index is 0.0840. The highest BCUT2D eigenvalue weighted by Gasteiger charge is 2.27. The van der Waals surface area contributed by atoms with E-state index in [0.29, 0.717) is 5.92 Å². The molecule has 2 N–H and O–H groups in total. The van der Waals surface area contributed by atoms with E-state index in [2.05, 4.69) is 50.2 Å². The van der Waals surface area contributed by atoms with Crippen molar-refractivity contribution >= 4 is 0 Å². The fraction of sp³-hybridized carbons (Fsp3) is 0.368. The Hall–Kier alpha value is -1.80. The summed E-state index contributed by atoms with van der Waals surface area (Å²) in [4.78, 5) is 0. The average Bonchev–Trinajstić information content (AvgIpc) is 2.90. The van der Waals surface area contributed by atoms with Crippen molar-refractivity contribution in [1.82, 2.24) is 0 Å². The van der Waals surface area contributed by atoms with Gasteiger partial charge in [0, 0.05) is 6.04 Å². The van der Waals surface area contributed by atoms with Crippen LogP contribution in [-0.4, -0.2) is 7.11 Å². The first-order chi connectivity index (χ1) is 10.1. The lowest BCUT2D eigenvalue weighted by molar-refractivity contribution is 0.407. The monoisotopic (exact) mass is 281 g/mol. The summed E-state index contributed by atoms with van der Waals surface area (Å²) in [7, 11) is 1.72. The quantitative estimate of drug-likeness (QED) is 0.930. The molecule has 0 bridgehead atoms. The van der Waals surface area contributed by atoms with Gasteiger partial charge in [0.25, 0.3) is 0 Å². The largest absolute Gasteiger partial charge is 0.496 e. The van der Waals surface area contributed by atoms with Gasteiger partial charge in [-0.2, -0.15) is 0 Å². The molecule has 0 fully saturated rings. The molecule has 3 rings (SSSR count). The molecular formula is C19H23NO. The maximum Gasteiger partial charge on any atom is 0.124 e. The zero-order valence-electron chi connectivity index (χ0n) is 13.0. The van der Waals surface area contributed by atoms with E-state index in [9.17, 15) is 0 Å². The Labute approximate surface area is 126 Å².